The standard InChI is InChI=1S/C26H35Cl2O7PS/c1-3-32-36(29,33-4-2)26(37(30,31)35-23-12-6-5-7-13-23)15-9-11-20-10-8-14-24(16-20)34-25-18-21(27)17-22(28)19-25/h8,10,14,16-19,23,26H,3-7,9,11-13,15H2,1-2H3. The molecule has 0 spiro atoms. The van der Waals surface area contributed by atoms with Gasteiger partial charge in [-0.05, 0) is 81.8 Å². The van der Waals surface area contributed by atoms with E-state index in [4.69, 9.17) is 41.2 Å². The highest BCUT2D eigenvalue weighted by molar-refractivity contribution is 7.94. The van der Waals surface area contributed by atoms with Crippen LogP contribution in [0.15, 0.2) is 42.5 Å². The molecule has 0 heterocycles. The largest absolute Gasteiger partial charge is 0.457 e. The topological polar surface area (TPSA) is 88.1 Å². The van der Waals surface area contributed by atoms with Crippen molar-refractivity contribution in [3.05, 3.63) is 58.1 Å². The average Bonchev–Trinajstić information content (AvgIpc) is 2.82. The Balaban J connectivity index is 1.73. The number of hydrogen-bond donors (Lipinski definition) is 0. The maximum atomic E-state index is 13.6. The molecule has 7 nitrogen and oxygen atoms in total. The van der Waals surface area contributed by atoms with Crippen molar-refractivity contribution >= 4 is 40.9 Å². The van der Waals surface area contributed by atoms with Crippen LogP contribution in [0, 0.1) is 0 Å². The number of hydrogen-bond acceptors (Lipinski definition) is 7. The molecular formula is C26H35Cl2O7PS. The Hall–Kier alpha value is -1.12. The van der Waals surface area contributed by atoms with Gasteiger partial charge in [-0.2, -0.15) is 8.42 Å². The molecule has 2 aromatic carbocycles. The van der Waals surface area contributed by atoms with Crippen molar-refractivity contribution in [2.75, 3.05) is 13.2 Å². The zero-order chi connectivity index (χ0) is 26.9. The fraction of sp³-hybridized carbons (Fsp3) is 0.538. The third kappa shape index (κ3) is 9.24. The smallest absolute Gasteiger partial charge is 0.351 e. The Morgan fingerprint density at radius 1 is 0.946 bits per heavy atom. The molecule has 1 atom stereocenters. The molecule has 1 saturated carbocycles. The first kappa shape index (κ1) is 30.4. The van der Waals surface area contributed by atoms with Crippen LogP contribution >= 0.6 is 30.8 Å². The number of benzene rings is 2. The van der Waals surface area contributed by atoms with Crippen LogP contribution in [-0.2, 0) is 34.3 Å². The molecule has 11 heteroatoms. The highest BCUT2D eigenvalue weighted by Gasteiger charge is 2.46. The molecule has 2 aromatic rings. The quantitative estimate of drug-likeness (QED) is 0.161. The van der Waals surface area contributed by atoms with Gasteiger partial charge in [-0.25, -0.2) is 0 Å². The molecule has 1 fully saturated rings. The summed E-state index contributed by atoms with van der Waals surface area (Å²) in [5, 5.41) is 0.934. The highest BCUT2D eigenvalue weighted by atomic mass is 35.5. The molecule has 0 aliphatic heterocycles. The lowest BCUT2D eigenvalue weighted by Gasteiger charge is -2.28. The minimum Gasteiger partial charge on any atom is -0.457 e. The first-order chi connectivity index (χ1) is 17.6. The summed E-state index contributed by atoms with van der Waals surface area (Å²) in [6.45, 7) is 3.46. The van der Waals surface area contributed by atoms with E-state index in [0.717, 1.165) is 24.8 Å². The zero-order valence-electron chi connectivity index (χ0n) is 21.2. The van der Waals surface area contributed by atoms with Crippen LogP contribution in [0.25, 0.3) is 0 Å². The van der Waals surface area contributed by atoms with E-state index in [9.17, 15) is 13.0 Å². The van der Waals surface area contributed by atoms with Gasteiger partial charge in [0, 0.05) is 10.0 Å². The molecular weight excluding hydrogens is 558 g/mol. The van der Waals surface area contributed by atoms with Crippen LogP contribution in [-0.4, -0.2) is 32.7 Å². The number of aryl methyl sites for hydroxylation is 1. The molecule has 0 bridgehead atoms. The molecule has 0 aromatic heterocycles. The highest BCUT2D eigenvalue weighted by Crippen LogP contribution is 2.57. The molecule has 206 valence electrons. The maximum Gasteiger partial charge on any atom is 0.351 e. The Morgan fingerprint density at radius 2 is 1.59 bits per heavy atom. The van der Waals surface area contributed by atoms with E-state index in [1.54, 1.807) is 32.0 Å². The van der Waals surface area contributed by atoms with Crippen LogP contribution < -0.4 is 4.74 Å². The van der Waals surface area contributed by atoms with E-state index in [2.05, 4.69) is 0 Å². The van der Waals surface area contributed by atoms with E-state index in [0.29, 0.717) is 47.2 Å². The van der Waals surface area contributed by atoms with Crippen molar-refractivity contribution < 1.29 is 31.0 Å². The van der Waals surface area contributed by atoms with Crippen LogP contribution in [0.3, 0.4) is 0 Å². The van der Waals surface area contributed by atoms with Crippen molar-refractivity contribution in [3.8, 4) is 11.5 Å². The summed E-state index contributed by atoms with van der Waals surface area (Å²) in [6.07, 6.45) is 4.86. The van der Waals surface area contributed by atoms with Crippen LogP contribution in [0.4, 0.5) is 0 Å². The lowest BCUT2D eigenvalue weighted by Crippen LogP contribution is -2.31. The van der Waals surface area contributed by atoms with Gasteiger partial charge in [0.2, 0.25) is 0 Å². The second-order valence-corrected chi connectivity index (χ2v) is 14.1. The van der Waals surface area contributed by atoms with Gasteiger partial charge in [0.25, 0.3) is 10.1 Å². The normalized spacial score (nSPS) is 16.0. The lowest BCUT2D eigenvalue weighted by atomic mass is 9.98. The fourth-order valence-corrected chi connectivity index (χ4v) is 9.47. The van der Waals surface area contributed by atoms with Crippen LogP contribution in [0.5, 0.6) is 11.5 Å². The van der Waals surface area contributed by atoms with Gasteiger partial charge in [-0.1, -0.05) is 54.6 Å². The summed E-state index contributed by atoms with van der Waals surface area (Å²) in [5.74, 6) is 1.10. The van der Waals surface area contributed by atoms with Crippen molar-refractivity contribution in [2.45, 2.75) is 76.3 Å². The maximum absolute atomic E-state index is 13.6. The van der Waals surface area contributed by atoms with Gasteiger partial charge in [0.05, 0.1) is 19.3 Å². The number of halogens is 2. The number of rotatable bonds is 14. The minimum absolute atomic E-state index is 0.0691. The third-order valence-corrected chi connectivity index (χ3v) is 11.6. The van der Waals surface area contributed by atoms with Gasteiger partial charge >= 0.3 is 7.60 Å². The fourth-order valence-electron chi connectivity index (χ4n) is 4.41. The summed E-state index contributed by atoms with van der Waals surface area (Å²) in [4.78, 5) is -1.39. The van der Waals surface area contributed by atoms with Crippen molar-refractivity contribution in [1.29, 1.82) is 0 Å². The van der Waals surface area contributed by atoms with Crippen molar-refractivity contribution in [2.24, 2.45) is 0 Å². The van der Waals surface area contributed by atoms with Gasteiger partial charge in [-0.3, -0.25) is 8.75 Å². The van der Waals surface area contributed by atoms with E-state index in [1.807, 2.05) is 24.3 Å². The molecule has 1 unspecified atom stereocenters. The summed E-state index contributed by atoms with van der Waals surface area (Å²) in [6, 6.07) is 12.4. The number of ether oxygens (including phenoxy) is 1. The van der Waals surface area contributed by atoms with E-state index in [1.165, 1.54) is 0 Å². The predicted octanol–water partition coefficient (Wildman–Crippen LogP) is 8.38. The molecule has 1 aliphatic rings. The SMILES string of the molecule is CCOP(=O)(OCC)C(CCCc1cccc(Oc2cc(Cl)cc(Cl)c2)c1)S(=O)(=O)OC1CCCCC1. The van der Waals surface area contributed by atoms with Gasteiger partial charge in [0.1, 0.15) is 11.5 Å². The first-order valence-corrected chi connectivity index (χ1v) is 16.5. The van der Waals surface area contributed by atoms with E-state index < -0.39 is 28.8 Å². The zero-order valence-corrected chi connectivity index (χ0v) is 24.5. The van der Waals surface area contributed by atoms with Gasteiger partial charge in [-0.15, -0.1) is 0 Å². The molecule has 3 rings (SSSR count). The first-order valence-electron chi connectivity index (χ1n) is 12.7. The van der Waals surface area contributed by atoms with Crippen molar-refractivity contribution in [1.82, 2.24) is 0 Å². The Bertz CT molecular complexity index is 1140. The molecule has 37 heavy (non-hydrogen) atoms. The van der Waals surface area contributed by atoms with Gasteiger partial charge in [0.15, 0.2) is 4.99 Å². The van der Waals surface area contributed by atoms with Gasteiger partial charge < -0.3 is 13.8 Å². The molecule has 0 radical (unpaired) electrons. The Kier molecular flexibility index (Phi) is 11.8. The minimum atomic E-state index is -4.20. The Labute approximate surface area is 230 Å². The predicted molar refractivity (Wildman–Crippen MR) is 147 cm³/mol. The van der Waals surface area contributed by atoms with E-state index >= 15 is 0 Å². The molecule has 1 aliphatic carbocycles. The molecule has 0 saturated heterocycles. The monoisotopic (exact) mass is 592 g/mol. The molecule has 0 N–H and O–H groups in total. The van der Waals surface area contributed by atoms with Crippen LogP contribution in [0.2, 0.25) is 10.0 Å². The van der Waals surface area contributed by atoms with E-state index in [-0.39, 0.29) is 19.6 Å². The second-order valence-electron chi connectivity index (χ2n) is 8.93. The summed E-state index contributed by atoms with van der Waals surface area (Å²) < 4.78 is 62.7. The second kappa shape index (κ2) is 14.3. The Morgan fingerprint density at radius 3 is 2.22 bits per heavy atom. The third-order valence-electron chi connectivity index (χ3n) is 6.01. The van der Waals surface area contributed by atoms with Crippen LogP contribution in [0.1, 0.15) is 64.4 Å². The average molecular weight is 594 g/mol. The summed E-state index contributed by atoms with van der Waals surface area (Å²) >= 11 is 12.1. The summed E-state index contributed by atoms with van der Waals surface area (Å²) in [7, 11) is -8.17. The molecule has 0 amide bonds. The van der Waals surface area contributed by atoms with Crippen molar-refractivity contribution in [3.63, 3.8) is 0 Å². The summed E-state index contributed by atoms with van der Waals surface area (Å²) in [5.41, 5.74) is 0.928. The lowest BCUT2D eigenvalue weighted by molar-refractivity contribution is 0.158.